The highest BCUT2D eigenvalue weighted by Gasteiger charge is 2.10. The highest BCUT2D eigenvalue weighted by atomic mass is 16.3. The van der Waals surface area contributed by atoms with Crippen molar-refractivity contribution in [2.24, 2.45) is 0 Å². The van der Waals surface area contributed by atoms with E-state index in [0.29, 0.717) is 0 Å². The fourth-order valence-electron chi connectivity index (χ4n) is 1.57. The van der Waals surface area contributed by atoms with E-state index >= 15 is 0 Å². The Bertz CT molecular complexity index is 515. The molecule has 0 atom stereocenters. The van der Waals surface area contributed by atoms with Crippen LogP contribution in [0.1, 0.15) is 20.8 Å². The molecular formula is C13H16N2O. The zero-order valence-electron chi connectivity index (χ0n) is 9.78. The lowest BCUT2D eigenvalue weighted by Crippen LogP contribution is -2.26. The molecule has 0 unspecified atom stereocenters. The van der Waals surface area contributed by atoms with Gasteiger partial charge in [-0.3, -0.25) is 0 Å². The van der Waals surface area contributed by atoms with Crippen LogP contribution >= 0.6 is 0 Å². The average molecular weight is 216 g/mol. The van der Waals surface area contributed by atoms with Gasteiger partial charge in [-0.15, -0.1) is 0 Å². The minimum Gasteiger partial charge on any atom is -0.508 e. The molecule has 0 fully saturated rings. The molecule has 84 valence electrons. The molecular weight excluding hydrogens is 200 g/mol. The van der Waals surface area contributed by atoms with E-state index in [1.165, 1.54) is 0 Å². The van der Waals surface area contributed by atoms with Crippen molar-refractivity contribution in [3.63, 3.8) is 0 Å². The molecule has 0 aliphatic carbocycles. The molecule has 0 saturated carbocycles. The number of nitrogens with zero attached hydrogens (tertiary/aromatic N) is 1. The van der Waals surface area contributed by atoms with Crippen molar-refractivity contribution in [1.82, 2.24) is 4.98 Å². The third-order valence-electron chi connectivity index (χ3n) is 2.18. The van der Waals surface area contributed by atoms with E-state index in [1.807, 2.05) is 18.2 Å². The van der Waals surface area contributed by atoms with Gasteiger partial charge in [0, 0.05) is 10.9 Å². The summed E-state index contributed by atoms with van der Waals surface area (Å²) >= 11 is 0. The topological polar surface area (TPSA) is 45.1 Å². The van der Waals surface area contributed by atoms with Crippen LogP contribution in [-0.2, 0) is 0 Å². The van der Waals surface area contributed by atoms with Crippen LogP contribution in [-0.4, -0.2) is 15.6 Å². The van der Waals surface area contributed by atoms with E-state index in [4.69, 9.17) is 0 Å². The quantitative estimate of drug-likeness (QED) is 0.769. The molecule has 3 heteroatoms. The number of rotatable bonds is 1. The Kier molecular flexibility index (Phi) is 2.46. The number of aromatic nitrogens is 1. The van der Waals surface area contributed by atoms with Crippen LogP contribution in [0.2, 0.25) is 0 Å². The molecule has 0 amide bonds. The van der Waals surface area contributed by atoms with Crippen molar-refractivity contribution < 1.29 is 5.11 Å². The molecule has 0 aliphatic heterocycles. The second-order valence-corrected chi connectivity index (χ2v) is 4.95. The number of pyridine rings is 1. The average Bonchev–Trinajstić information content (AvgIpc) is 2.16. The summed E-state index contributed by atoms with van der Waals surface area (Å²) in [4.78, 5) is 4.48. The van der Waals surface area contributed by atoms with E-state index < -0.39 is 0 Å². The first-order valence-corrected chi connectivity index (χ1v) is 5.32. The van der Waals surface area contributed by atoms with Crippen LogP contribution in [0, 0.1) is 0 Å². The van der Waals surface area contributed by atoms with Gasteiger partial charge in [-0.2, -0.15) is 0 Å². The second-order valence-electron chi connectivity index (χ2n) is 4.95. The number of hydrogen-bond acceptors (Lipinski definition) is 3. The molecule has 1 aromatic carbocycles. The fraction of sp³-hybridized carbons (Fsp3) is 0.308. The van der Waals surface area contributed by atoms with Gasteiger partial charge in [0.1, 0.15) is 11.6 Å². The molecule has 3 nitrogen and oxygen atoms in total. The van der Waals surface area contributed by atoms with Gasteiger partial charge < -0.3 is 10.4 Å². The van der Waals surface area contributed by atoms with Gasteiger partial charge in [0.25, 0.3) is 0 Å². The number of hydrogen-bond donors (Lipinski definition) is 2. The van der Waals surface area contributed by atoms with E-state index in [9.17, 15) is 5.11 Å². The van der Waals surface area contributed by atoms with Gasteiger partial charge in [0.2, 0.25) is 0 Å². The summed E-state index contributed by atoms with van der Waals surface area (Å²) in [5.41, 5.74) is 0.879. The number of nitrogens with one attached hydrogen (secondary N) is 1. The lowest BCUT2D eigenvalue weighted by atomic mass is 10.1. The van der Waals surface area contributed by atoms with Crippen LogP contribution in [0.15, 0.2) is 30.3 Å². The molecule has 2 rings (SSSR count). The highest BCUT2D eigenvalue weighted by Crippen LogP contribution is 2.21. The molecule has 0 bridgehead atoms. The largest absolute Gasteiger partial charge is 0.508 e. The molecule has 0 spiro atoms. The highest BCUT2D eigenvalue weighted by molar-refractivity contribution is 5.81. The monoisotopic (exact) mass is 216 g/mol. The first-order valence-electron chi connectivity index (χ1n) is 5.32. The minimum absolute atomic E-state index is 0.00239. The van der Waals surface area contributed by atoms with Gasteiger partial charge >= 0.3 is 0 Å². The maximum Gasteiger partial charge on any atom is 0.127 e. The lowest BCUT2D eigenvalue weighted by molar-refractivity contribution is 0.476. The number of aromatic hydroxyl groups is 1. The normalized spacial score (nSPS) is 11.7. The van der Waals surface area contributed by atoms with Crippen molar-refractivity contribution >= 4 is 16.7 Å². The molecule has 0 radical (unpaired) electrons. The zero-order valence-corrected chi connectivity index (χ0v) is 9.78. The molecule has 1 aromatic heterocycles. The molecule has 0 saturated heterocycles. The smallest absolute Gasteiger partial charge is 0.127 e. The fourth-order valence-corrected chi connectivity index (χ4v) is 1.57. The van der Waals surface area contributed by atoms with E-state index in [0.717, 1.165) is 16.7 Å². The molecule has 2 N–H and O–H groups in total. The summed E-state index contributed by atoms with van der Waals surface area (Å²) in [5.74, 6) is 1.12. The van der Waals surface area contributed by atoms with Crippen molar-refractivity contribution in [1.29, 1.82) is 0 Å². The number of anilines is 1. The molecule has 0 aliphatic rings. The maximum atomic E-state index is 9.34. The van der Waals surface area contributed by atoms with Gasteiger partial charge in [-0.1, -0.05) is 0 Å². The second kappa shape index (κ2) is 3.67. The number of benzene rings is 1. The predicted molar refractivity (Wildman–Crippen MR) is 66.8 cm³/mol. The Morgan fingerprint density at radius 1 is 1.12 bits per heavy atom. The van der Waals surface area contributed by atoms with Crippen LogP contribution < -0.4 is 5.32 Å². The molecule has 2 aromatic rings. The SMILES string of the molecule is CC(C)(C)Nc1ccc2cc(O)ccc2n1. The minimum atomic E-state index is -0.00239. The lowest BCUT2D eigenvalue weighted by Gasteiger charge is -2.21. The Morgan fingerprint density at radius 2 is 1.88 bits per heavy atom. The van der Waals surface area contributed by atoms with E-state index in [1.54, 1.807) is 12.1 Å². The van der Waals surface area contributed by atoms with Crippen molar-refractivity contribution in [3.8, 4) is 5.75 Å². The number of fused-ring (bicyclic) bond motifs is 1. The van der Waals surface area contributed by atoms with Crippen molar-refractivity contribution in [3.05, 3.63) is 30.3 Å². The third-order valence-corrected chi connectivity index (χ3v) is 2.18. The van der Waals surface area contributed by atoms with E-state index in [-0.39, 0.29) is 11.3 Å². The van der Waals surface area contributed by atoms with Crippen LogP contribution in [0.25, 0.3) is 10.9 Å². The third kappa shape index (κ3) is 2.42. The molecule has 16 heavy (non-hydrogen) atoms. The Labute approximate surface area is 95.1 Å². The van der Waals surface area contributed by atoms with Gasteiger partial charge in [-0.25, -0.2) is 4.98 Å². The van der Waals surface area contributed by atoms with Crippen LogP contribution in [0.5, 0.6) is 5.75 Å². The standard InChI is InChI=1S/C13H16N2O/c1-13(2,3)15-12-7-4-9-8-10(16)5-6-11(9)14-12/h4-8,16H,1-3H3,(H,14,15). The van der Waals surface area contributed by atoms with Gasteiger partial charge in [0.05, 0.1) is 5.52 Å². The predicted octanol–water partition coefficient (Wildman–Crippen LogP) is 3.15. The zero-order chi connectivity index (χ0) is 11.8. The summed E-state index contributed by atoms with van der Waals surface area (Å²) in [7, 11) is 0. The van der Waals surface area contributed by atoms with Gasteiger partial charge in [-0.05, 0) is 51.1 Å². The summed E-state index contributed by atoms with van der Waals surface area (Å²) in [6.45, 7) is 6.28. The van der Waals surface area contributed by atoms with Crippen LogP contribution in [0.4, 0.5) is 5.82 Å². The van der Waals surface area contributed by atoms with Crippen molar-refractivity contribution in [2.75, 3.05) is 5.32 Å². The summed E-state index contributed by atoms with van der Waals surface area (Å²) < 4.78 is 0. The number of phenolic OH excluding ortho intramolecular Hbond substituents is 1. The first-order chi connectivity index (χ1) is 7.44. The summed E-state index contributed by atoms with van der Waals surface area (Å²) in [6.07, 6.45) is 0. The summed E-state index contributed by atoms with van der Waals surface area (Å²) in [6, 6.07) is 9.06. The van der Waals surface area contributed by atoms with E-state index in [2.05, 4.69) is 31.1 Å². The Hall–Kier alpha value is -1.77. The summed E-state index contributed by atoms with van der Waals surface area (Å²) in [5, 5.41) is 13.6. The van der Waals surface area contributed by atoms with Gasteiger partial charge in [0.15, 0.2) is 0 Å². The Balaban J connectivity index is 2.41. The first kappa shape index (κ1) is 10.7. The van der Waals surface area contributed by atoms with Crippen molar-refractivity contribution in [2.45, 2.75) is 26.3 Å². The maximum absolute atomic E-state index is 9.34. The number of phenols is 1. The Morgan fingerprint density at radius 3 is 2.56 bits per heavy atom. The molecule has 1 heterocycles. The van der Waals surface area contributed by atoms with Crippen LogP contribution in [0.3, 0.4) is 0 Å².